The summed E-state index contributed by atoms with van der Waals surface area (Å²) in [5.41, 5.74) is 0. The van der Waals surface area contributed by atoms with E-state index in [1.165, 1.54) is 0 Å². The van der Waals surface area contributed by atoms with Gasteiger partial charge >= 0.3 is 0 Å². The molecule has 0 saturated carbocycles. The van der Waals surface area contributed by atoms with Crippen LogP contribution in [-0.4, -0.2) is 134 Å². The Morgan fingerprint density at radius 1 is 0.536 bits per heavy atom. The SMILES string of the molecule is OC1OC[C@@H](O)[C@H](O)[C@H]1O[C@@H]1OC[C@@H](O[C@@H]2OC[C@@H](O)[C@H](O)[C@H]2O)[C@H](O)[C@H]1O. The van der Waals surface area contributed by atoms with E-state index < -0.39 is 73.8 Å². The monoisotopic (exact) mass is 414 g/mol. The van der Waals surface area contributed by atoms with Crippen molar-refractivity contribution in [3.05, 3.63) is 0 Å². The molecule has 13 heteroatoms. The number of aliphatic hydroxyl groups is 8. The summed E-state index contributed by atoms with van der Waals surface area (Å²) < 4.78 is 25.8. The van der Waals surface area contributed by atoms with Crippen LogP contribution in [0.25, 0.3) is 0 Å². The Balaban J connectivity index is 1.57. The normalized spacial score (nSPS) is 53.1. The van der Waals surface area contributed by atoms with E-state index in [0.29, 0.717) is 0 Å². The first-order valence-corrected chi connectivity index (χ1v) is 8.81. The van der Waals surface area contributed by atoms with Gasteiger partial charge in [-0.05, 0) is 0 Å². The van der Waals surface area contributed by atoms with Crippen molar-refractivity contribution < 1.29 is 64.5 Å². The van der Waals surface area contributed by atoms with Crippen molar-refractivity contribution >= 4 is 0 Å². The van der Waals surface area contributed by atoms with Gasteiger partial charge in [-0.1, -0.05) is 0 Å². The Morgan fingerprint density at radius 2 is 1.07 bits per heavy atom. The topological polar surface area (TPSA) is 208 Å². The zero-order valence-electron chi connectivity index (χ0n) is 14.7. The second kappa shape index (κ2) is 9.09. The van der Waals surface area contributed by atoms with Gasteiger partial charge in [0.05, 0.1) is 19.8 Å². The zero-order valence-corrected chi connectivity index (χ0v) is 14.7. The van der Waals surface area contributed by atoms with Gasteiger partial charge in [0.15, 0.2) is 18.9 Å². The van der Waals surface area contributed by atoms with E-state index in [2.05, 4.69) is 0 Å². The summed E-state index contributed by atoms with van der Waals surface area (Å²) in [5, 5.41) is 78.7. The molecule has 3 fully saturated rings. The molecule has 0 amide bonds. The number of aliphatic hydroxyl groups excluding tert-OH is 8. The lowest BCUT2D eigenvalue weighted by Gasteiger charge is -2.43. The molecule has 0 bridgehead atoms. The van der Waals surface area contributed by atoms with E-state index in [1.807, 2.05) is 0 Å². The van der Waals surface area contributed by atoms with Crippen molar-refractivity contribution in [2.24, 2.45) is 0 Å². The number of hydrogen-bond donors (Lipinski definition) is 8. The molecule has 164 valence electrons. The largest absolute Gasteiger partial charge is 0.388 e. The quantitative estimate of drug-likeness (QED) is 0.216. The summed E-state index contributed by atoms with van der Waals surface area (Å²) in [6.45, 7) is -0.948. The molecule has 0 aromatic heterocycles. The summed E-state index contributed by atoms with van der Waals surface area (Å²) in [7, 11) is 0. The van der Waals surface area contributed by atoms with Crippen molar-refractivity contribution in [1.82, 2.24) is 0 Å². The molecule has 28 heavy (non-hydrogen) atoms. The molecule has 0 aliphatic carbocycles. The average molecular weight is 414 g/mol. The van der Waals surface area contributed by atoms with Crippen LogP contribution in [0.3, 0.4) is 0 Å². The molecule has 3 aliphatic heterocycles. The molecule has 3 heterocycles. The second-order valence-electron chi connectivity index (χ2n) is 6.99. The summed E-state index contributed by atoms with van der Waals surface area (Å²) in [6, 6.07) is 0. The van der Waals surface area contributed by atoms with Crippen molar-refractivity contribution in [2.45, 2.75) is 73.8 Å². The lowest BCUT2D eigenvalue weighted by molar-refractivity contribution is -0.354. The maximum absolute atomic E-state index is 10.3. The smallest absolute Gasteiger partial charge is 0.186 e. The third-order valence-electron chi connectivity index (χ3n) is 4.94. The Hall–Kier alpha value is -0.520. The fraction of sp³-hybridized carbons (Fsp3) is 1.00. The highest BCUT2D eigenvalue weighted by Gasteiger charge is 2.48. The molecule has 0 aromatic carbocycles. The molecular formula is C15H26O13. The van der Waals surface area contributed by atoms with Gasteiger partial charge < -0.3 is 64.5 Å². The minimum Gasteiger partial charge on any atom is -0.388 e. The van der Waals surface area contributed by atoms with Crippen LogP contribution in [0.2, 0.25) is 0 Å². The molecule has 8 N–H and O–H groups in total. The Labute approximate surface area is 159 Å². The molecule has 3 saturated heterocycles. The summed E-state index contributed by atoms with van der Waals surface area (Å²) in [4.78, 5) is 0. The van der Waals surface area contributed by atoms with E-state index >= 15 is 0 Å². The van der Waals surface area contributed by atoms with E-state index in [1.54, 1.807) is 0 Å². The molecule has 0 spiro atoms. The van der Waals surface area contributed by atoms with Gasteiger partial charge in [0.2, 0.25) is 0 Å². The van der Waals surface area contributed by atoms with Gasteiger partial charge in [0, 0.05) is 0 Å². The molecule has 3 aliphatic rings. The van der Waals surface area contributed by atoms with Gasteiger partial charge in [0.1, 0.15) is 54.9 Å². The number of hydrogen-bond acceptors (Lipinski definition) is 13. The van der Waals surface area contributed by atoms with Crippen molar-refractivity contribution in [1.29, 1.82) is 0 Å². The lowest BCUT2D eigenvalue weighted by atomic mass is 10.0. The molecule has 0 aromatic rings. The second-order valence-corrected chi connectivity index (χ2v) is 6.99. The molecular weight excluding hydrogens is 388 g/mol. The van der Waals surface area contributed by atoms with Crippen LogP contribution >= 0.6 is 0 Å². The molecule has 12 atom stereocenters. The van der Waals surface area contributed by atoms with Crippen LogP contribution in [0, 0.1) is 0 Å². The fourth-order valence-corrected chi connectivity index (χ4v) is 3.16. The van der Waals surface area contributed by atoms with E-state index in [-0.39, 0.29) is 19.8 Å². The Kier molecular flexibility index (Phi) is 7.20. The van der Waals surface area contributed by atoms with Crippen LogP contribution in [0.15, 0.2) is 0 Å². The van der Waals surface area contributed by atoms with Crippen molar-refractivity contribution in [3.8, 4) is 0 Å². The molecule has 3 rings (SSSR count). The third kappa shape index (κ3) is 4.46. The predicted molar refractivity (Wildman–Crippen MR) is 83.2 cm³/mol. The highest BCUT2D eigenvalue weighted by atomic mass is 16.7. The predicted octanol–water partition coefficient (Wildman–Crippen LogP) is -5.66. The summed E-state index contributed by atoms with van der Waals surface area (Å²) in [5.74, 6) is 0. The highest BCUT2D eigenvalue weighted by molar-refractivity contribution is 4.90. The Bertz CT molecular complexity index is 508. The van der Waals surface area contributed by atoms with Gasteiger partial charge in [0.25, 0.3) is 0 Å². The maximum atomic E-state index is 10.3. The van der Waals surface area contributed by atoms with Gasteiger partial charge in [-0.25, -0.2) is 0 Å². The fourth-order valence-electron chi connectivity index (χ4n) is 3.16. The Morgan fingerprint density at radius 3 is 1.79 bits per heavy atom. The summed E-state index contributed by atoms with van der Waals surface area (Å²) in [6.07, 6.45) is -17.6. The maximum Gasteiger partial charge on any atom is 0.186 e. The lowest BCUT2D eigenvalue weighted by Crippen LogP contribution is -2.62. The van der Waals surface area contributed by atoms with Gasteiger partial charge in [-0.2, -0.15) is 0 Å². The standard InChI is InChI=1S/C15H26O13/c16-4-2-25-14(10(21)7(4)18)27-6-3-26-15(11(22)9(6)20)28-12-8(19)5(17)1-24-13(12)23/h4-23H,1-3H2/t4-,5-,6-,7+,8+,9+,10-,11-,12-,13?,14+,15+/m1/s1. The molecule has 0 radical (unpaired) electrons. The van der Waals surface area contributed by atoms with E-state index in [0.717, 1.165) is 0 Å². The van der Waals surface area contributed by atoms with Gasteiger partial charge in [-0.15, -0.1) is 0 Å². The van der Waals surface area contributed by atoms with Crippen molar-refractivity contribution in [3.63, 3.8) is 0 Å². The average Bonchev–Trinajstić information content (AvgIpc) is 2.67. The summed E-state index contributed by atoms with van der Waals surface area (Å²) >= 11 is 0. The van der Waals surface area contributed by atoms with Crippen LogP contribution in [0.1, 0.15) is 0 Å². The minimum absolute atomic E-state index is 0.305. The zero-order chi connectivity index (χ0) is 20.6. The minimum atomic E-state index is -1.69. The van der Waals surface area contributed by atoms with Crippen molar-refractivity contribution in [2.75, 3.05) is 19.8 Å². The van der Waals surface area contributed by atoms with Crippen LogP contribution < -0.4 is 0 Å². The van der Waals surface area contributed by atoms with Crippen LogP contribution in [0.5, 0.6) is 0 Å². The molecule has 1 unspecified atom stereocenters. The first-order chi connectivity index (χ1) is 13.2. The number of rotatable bonds is 4. The number of ether oxygens (including phenoxy) is 5. The highest BCUT2D eigenvalue weighted by Crippen LogP contribution is 2.27. The molecule has 13 nitrogen and oxygen atoms in total. The van der Waals surface area contributed by atoms with Crippen LogP contribution in [0.4, 0.5) is 0 Å². The van der Waals surface area contributed by atoms with Gasteiger partial charge in [-0.3, -0.25) is 0 Å². The van der Waals surface area contributed by atoms with E-state index in [4.69, 9.17) is 23.7 Å². The van der Waals surface area contributed by atoms with Crippen LogP contribution in [-0.2, 0) is 23.7 Å². The first-order valence-electron chi connectivity index (χ1n) is 8.81. The van der Waals surface area contributed by atoms with E-state index in [9.17, 15) is 40.9 Å². The first kappa shape index (κ1) is 22.2. The third-order valence-corrected chi connectivity index (χ3v) is 4.94.